The summed E-state index contributed by atoms with van der Waals surface area (Å²) in [6, 6.07) is 6.62. The van der Waals surface area contributed by atoms with E-state index in [-0.39, 0.29) is 11.4 Å². The molecule has 3 aromatic heterocycles. The van der Waals surface area contributed by atoms with Gasteiger partial charge < -0.3 is 14.0 Å². The molecule has 1 aliphatic heterocycles. The van der Waals surface area contributed by atoms with E-state index in [9.17, 15) is 0 Å². The highest BCUT2D eigenvalue weighted by molar-refractivity contribution is 5.81. The Bertz CT molecular complexity index is 1520. The van der Waals surface area contributed by atoms with E-state index in [0.29, 0.717) is 41.2 Å². The second-order valence-electron chi connectivity index (χ2n) is 7.69. The number of allylic oxidation sites excluding steroid dienone is 1. The van der Waals surface area contributed by atoms with Gasteiger partial charge in [-0.1, -0.05) is 6.08 Å². The molecular weight excluding hydrogens is 437 g/mol. The van der Waals surface area contributed by atoms with E-state index in [4.69, 9.17) is 14.5 Å². The van der Waals surface area contributed by atoms with Crippen LogP contribution in [0.3, 0.4) is 0 Å². The van der Waals surface area contributed by atoms with Crippen LogP contribution in [0.25, 0.3) is 22.4 Å². The van der Waals surface area contributed by atoms with Crippen LogP contribution in [0.1, 0.15) is 0 Å². The molecule has 0 unspecified atom stereocenters. The minimum atomic E-state index is -0.577. The molecule has 10 heteroatoms. The van der Waals surface area contributed by atoms with Crippen molar-refractivity contribution < 1.29 is 13.9 Å². The predicted molar refractivity (Wildman–Crippen MR) is 126 cm³/mol. The maximum atomic E-state index is 15.1. The van der Waals surface area contributed by atoms with Crippen LogP contribution < -0.4 is 15.0 Å². The molecule has 0 amide bonds. The summed E-state index contributed by atoms with van der Waals surface area (Å²) in [5.74, 6) is -0.0878. The Labute approximate surface area is 194 Å². The van der Waals surface area contributed by atoms with Crippen molar-refractivity contribution >= 4 is 23.1 Å². The van der Waals surface area contributed by atoms with Gasteiger partial charge in [-0.15, -0.1) is 0 Å². The third-order valence-electron chi connectivity index (χ3n) is 5.45. The van der Waals surface area contributed by atoms with Gasteiger partial charge in [-0.3, -0.25) is 14.7 Å². The molecule has 0 aliphatic carbocycles. The van der Waals surface area contributed by atoms with Gasteiger partial charge in [0.15, 0.2) is 17.2 Å². The van der Waals surface area contributed by atoms with Crippen molar-refractivity contribution in [2.75, 3.05) is 20.8 Å². The van der Waals surface area contributed by atoms with E-state index in [2.05, 4.69) is 20.1 Å². The molecule has 0 spiro atoms. The number of halogens is 1. The lowest BCUT2D eigenvalue weighted by atomic mass is 10.2. The molecule has 4 heterocycles. The molecule has 5 rings (SSSR count). The van der Waals surface area contributed by atoms with Crippen LogP contribution in [0.2, 0.25) is 0 Å². The van der Waals surface area contributed by atoms with Crippen molar-refractivity contribution in [2.24, 2.45) is 17.0 Å². The monoisotopic (exact) mass is 459 g/mol. The summed E-state index contributed by atoms with van der Waals surface area (Å²) in [6.45, 7) is 1.08. The number of hydrogen-bond acceptors (Lipinski definition) is 7. The molecule has 0 saturated heterocycles. The van der Waals surface area contributed by atoms with Gasteiger partial charge in [-0.2, -0.15) is 5.10 Å². The van der Waals surface area contributed by atoms with Crippen LogP contribution in [-0.2, 0) is 13.6 Å². The van der Waals surface area contributed by atoms with Crippen LogP contribution in [0, 0.1) is 5.82 Å². The number of pyridine rings is 1. The summed E-state index contributed by atoms with van der Waals surface area (Å²) in [5.41, 5.74) is 4.41. The van der Waals surface area contributed by atoms with Crippen molar-refractivity contribution in [3.05, 3.63) is 65.8 Å². The van der Waals surface area contributed by atoms with E-state index < -0.39 is 5.82 Å². The minimum Gasteiger partial charge on any atom is -0.497 e. The number of hydrogen-bond donors (Lipinski definition) is 0. The average molecular weight is 459 g/mol. The second kappa shape index (κ2) is 8.89. The van der Waals surface area contributed by atoms with Crippen LogP contribution in [0.4, 0.5) is 10.1 Å². The molecule has 0 fully saturated rings. The van der Waals surface area contributed by atoms with E-state index >= 15 is 4.39 Å². The first-order chi connectivity index (χ1) is 16.6. The highest BCUT2D eigenvalue weighted by atomic mass is 19.1. The zero-order valence-corrected chi connectivity index (χ0v) is 18.9. The van der Waals surface area contributed by atoms with Crippen molar-refractivity contribution in [2.45, 2.75) is 6.54 Å². The highest BCUT2D eigenvalue weighted by Crippen LogP contribution is 2.32. The number of fused-ring (bicyclic) bond motifs is 1. The fourth-order valence-electron chi connectivity index (χ4n) is 3.71. The second-order valence-corrected chi connectivity index (χ2v) is 7.69. The molecule has 0 saturated carbocycles. The Morgan fingerprint density at radius 3 is 2.74 bits per heavy atom. The quantitative estimate of drug-likeness (QED) is 0.442. The number of aliphatic imine (C=N–C) groups is 1. The summed E-state index contributed by atoms with van der Waals surface area (Å²) in [6.07, 6.45) is 9.17. The Kier molecular flexibility index (Phi) is 5.62. The number of aryl methyl sites for hydroxylation is 1. The van der Waals surface area contributed by atoms with Gasteiger partial charge in [0.1, 0.15) is 22.4 Å². The van der Waals surface area contributed by atoms with Gasteiger partial charge in [-0.25, -0.2) is 14.4 Å². The lowest BCUT2D eigenvalue weighted by Crippen LogP contribution is -2.23. The van der Waals surface area contributed by atoms with E-state index in [1.807, 2.05) is 36.2 Å². The molecule has 4 aromatic rings. The number of aromatic nitrogens is 5. The Morgan fingerprint density at radius 2 is 2.03 bits per heavy atom. The number of methoxy groups -OCH3 is 2. The maximum Gasteiger partial charge on any atom is 0.190 e. The fraction of sp³-hybridized carbons (Fsp3) is 0.208. The predicted octanol–water partition coefficient (Wildman–Crippen LogP) is 3.23. The molecule has 0 radical (unpaired) electrons. The van der Waals surface area contributed by atoms with Crippen LogP contribution >= 0.6 is 0 Å². The molecule has 0 atom stereocenters. The van der Waals surface area contributed by atoms with Gasteiger partial charge >= 0.3 is 0 Å². The van der Waals surface area contributed by atoms with Crippen LogP contribution in [-0.4, -0.2) is 51.3 Å². The summed E-state index contributed by atoms with van der Waals surface area (Å²) in [4.78, 5) is 18.4. The third-order valence-corrected chi connectivity index (χ3v) is 5.45. The lowest BCUT2D eigenvalue weighted by molar-refractivity contribution is 0.374. The first-order valence-corrected chi connectivity index (χ1v) is 10.6. The fourth-order valence-corrected chi connectivity index (χ4v) is 3.71. The van der Waals surface area contributed by atoms with Gasteiger partial charge in [-0.05, 0) is 17.7 Å². The molecule has 0 N–H and O–H groups in total. The maximum absolute atomic E-state index is 15.1. The summed E-state index contributed by atoms with van der Waals surface area (Å²) in [5, 5.41) is 4.23. The summed E-state index contributed by atoms with van der Waals surface area (Å²) in [7, 11) is 4.76. The summed E-state index contributed by atoms with van der Waals surface area (Å²) >= 11 is 0. The highest BCUT2D eigenvalue weighted by Gasteiger charge is 2.14. The SMILES string of the molecule is COc1cc(N=c2ccc3ncc(-c4cnn(C)c4)nc3n2CC2=CCN=C2)c(F)c(OC)c1. The Balaban J connectivity index is 1.75. The minimum absolute atomic E-state index is 0.0507. The topological polar surface area (TPSA) is 91.7 Å². The summed E-state index contributed by atoms with van der Waals surface area (Å²) < 4.78 is 29.1. The largest absolute Gasteiger partial charge is 0.497 e. The molecule has 172 valence electrons. The van der Waals surface area contributed by atoms with E-state index in [1.54, 1.807) is 23.1 Å². The van der Waals surface area contributed by atoms with Gasteiger partial charge in [0.05, 0.1) is 45.4 Å². The molecular formula is C24H22FN7O2. The molecule has 34 heavy (non-hydrogen) atoms. The van der Waals surface area contributed by atoms with Crippen molar-refractivity contribution in [3.8, 4) is 22.8 Å². The van der Waals surface area contributed by atoms with Crippen LogP contribution in [0.5, 0.6) is 11.5 Å². The molecule has 0 bridgehead atoms. The molecule has 1 aliphatic rings. The smallest absolute Gasteiger partial charge is 0.190 e. The first-order valence-electron chi connectivity index (χ1n) is 10.6. The van der Waals surface area contributed by atoms with Gasteiger partial charge in [0.25, 0.3) is 0 Å². The van der Waals surface area contributed by atoms with E-state index in [0.717, 1.165) is 11.1 Å². The number of benzene rings is 1. The van der Waals surface area contributed by atoms with Gasteiger partial charge in [0.2, 0.25) is 0 Å². The molecule has 9 nitrogen and oxygen atoms in total. The average Bonchev–Trinajstić information content (AvgIpc) is 3.53. The zero-order valence-electron chi connectivity index (χ0n) is 18.9. The number of rotatable bonds is 6. The molecule has 1 aromatic carbocycles. The Morgan fingerprint density at radius 1 is 1.15 bits per heavy atom. The third kappa shape index (κ3) is 4.05. The van der Waals surface area contributed by atoms with Crippen molar-refractivity contribution in [1.82, 2.24) is 24.3 Å². The standard InChI is InChI=1S/C24H22FN7O2/c1-31-14-16(11-28-31)20-12-27-18-4-5-22(32(24(18)30-20)13-15-6-7-26-10-15)29-19-8-17(33-2)9-21(34-3)23(19)25/h4-6,8-12,14H,7,13H2,1-3H3. The zero-order chi connectivity index (χ0) is 23.7. The van der Waals surface area contributed by atoms with Crippen molar-refractivity contribution in [3.63, 3.8) is 0 Å². The van der Waals surface area contributed by atoms with Crippen molar-refractivity contribution in [1.29, 1.82) is 0 Å². The lowest BCUT2D eigenvalue weighted by Gasteiger charge is -2.13. The number of nitrogens with zero attached hydrogens (tertiary/aromatic N) is 7. The van der Waals surface area contributed by atoms with Crippen LogP contribution in [0.15, 0.2) is 64.5 Å². The van der Waals surface area contributed by atoms with E-state index in [1.165, 1.54) is 26.4 Å². The first kappa shape index (κ1) is 21.5. The Hall–Kier alpha value is -4.34. The normalized spacial score (nSPS) is 13.5. The van der Waals surface area contributed by atoms with Gasteiger partial charge in [0, 0.05) is 37.2 Å². The number of ether oxygens (including phenoxy) is 2.